The molecule has 3 fully saturated rings. The SMILES string of the molecule is CC(C)CCCC(C)[C@H]1CC[C@H]2[C@@H]3CC=C4C[C@@H](SSCCC(=O)N(CCCCN(CCCNC(=O)OC(C)(C)C)C(=O)O)CCCNC(=O)OC(C)(C)C)CC[C@]4(C)[C@H]3CC[C@]12C. The molecule has 4 aliphatic rings. The number of fused-ring (bicyclic) bond motifs is 5. The molecule has 64 heavy (non-hydrogen) atoms. The van der Waals surface area contributed by atoms with Crippen molar-refractivity contribution < 1.29 is 33.8 Å². The Morgan fingerprint density at radius 3 is 1.97 bits per heavy atom. The summed E-state index contributed by atoms with van der Waals surface area (Å²) in [5, 5.41) is 15.9. The van der Waals surface area contributed by atoms with E-state index in [1.807, 2.05) is 47.3 Å². The highest BCUT2D eigenvalue weighted by molar-refractivity contribution is 8.76. The number of nitrogens with one attached hydrogen (secondary N) is 2. The first-order valence-corrected chi connectivity index (χ1v) is 27.6. The molecule has 3 N–H and O–H groups in total. The number of rotatable bonds is 23. The monoisotopic (exact) mass is 935 g/mol. The van der Waals surface area contributed by atoms with E-state index >= 15 is 0 Å². The highest BCUT2D eigenvalue weighted by Crippen LogP contribution is 2.67. The summed E-state index contributed by atoms with van der Waals surface area (Å²) in [6, 6.07) is 0. The maximum atomic E-state index is 13.7. The van der Waals surface area contributed by atoms with Gasteiger partial charge >= 0.3 is 18.3 Å². The summed E-state index contributed by atoms with van der Waals surface area (Å²) in [4.78, 5) is 53.1. The number of carbonyl (C=O) groups is 4. The third kappa shape index (κ3) is 16.5. The smallest absolute Gasteiger partial charge is 0.407 e. The van der Waals surface area contributed by atoms with Crippen LogP contribution in [-0.2, 0) is 14.3 Å². The Morgan fingerprint density at radius 1 is 0.781 bits per heavy atom. The molecule has 3 saturated carbocycles. The van der Waals surface area contributed by atoms with E-state index in [0.717, 1.165) is 41.3 Å². The van der Waals surface area contributed by atoms with E-state index in [-0.39, 0.29) is 12.5 Å². The molecule has 4 rings (SSSR count). The van der Waals surface area contributed by atoms with Gasteiger partial charge < -0.3 is 35.0 Å². The van der Waals surface area contributed by atoms with E-state index < -0.39 is 29.5 Å². The molecule has 0 spiro atoms. The van der Waals surface area contributed by atoms with Gasteiger partial charge in [0.1, 0.15) is 11.2 Å². The average Bonchev–Trinajstić information content (AvgIpc) is 3.55. The highest BCUT2D eigenvalue weighted by Gasteiger charge is 2.59. The normalized spacial score (nSPS) is 27.1. The van der Waals surface area contributed by atoms with Gasteiger partial charge in [0, 0.05) is 56.7 Å². The second kappa shape index (κ2) is 24.7. The Morgan fingerprint density at radius 2 is 1.38 bits per heavy atom. The quantitative estimate of drug-likeness (QED) is 0.0519. The summed E-state index contributed by atoms with van der Waals surface area (Å²) in [6.07, 6.45) is 18.3. The molecule has 0 radical (unpaired) electrons. The topological polar surface area (TPSA) is 138 Å². The fourth-order valence-electron chi connectivity index (χ4n) is 12.0. The lowest BCUT2D eigenvalue weighted by molar-refractivity contribution is -0.130. The second-order valence-electron chi connectivity index (χ2n) is 22.7. The van der Waals surface area contributed by atoms with E-state index in [1.54, 1.807) is 26.3 Å². The minimum absolute atomic E-state index is 0.0920. The van der Waals surface area contributed by atoms with Crippen LogP contribution < -0.4 is 10.6 Å². The fourth-order valence-corrected chi connectivity index (χ4v) is 14.6. The molecule has 4 aliphatic carbocycles. The summed E-state index contributed by atoms with van der Waals surface area (Å²) in [7, 11) is 3.82. The van der Waals surface area contributed by atoms with Crippen LogP contribution in [0.2, 0.25) is 0 Å². The number of amides is 4. The van der Waals surface area contributed by atoms with E-state index in [2.05, 4.69) is 51.3 Å². The molecule has 0 aromatic heterocycles. The molecule has 1 unspecified atom stereocenters. The maximum Gasteiger partial charge on any atom is 0.407 e. The highest BCUT2D eigenvalue weighted by atomic mass is 33.1. The van der Waals surface area contributed by atoms with E-state index in [1.165, 1.54) is 75.5 Å². The molecule has 0 aromatic rings. The molecule has 0 heterocycles. The third-order valence-electron chi connectivity index (χ3n) is 15.1. The average molecular weight is 935 g/mol. The van der Waals surface area contributed by atoms with Gasteiger partial charge in [0.15, 0.2) is 0 Å². The number of hydrogen-bond acceptors (Lipinski definition) is 8. The molecule has 0 bridgehead atoms. The summed E-state index contributed by atoms with van der Waals surface area (Å²) >= 11 is 0. The lowest BCUT2D eigenvalue weighted by Crippen LogP contribution is -2.50. The molecular weight excluding hydrogens is 845 g/mol. The molecular formula is C51H90N4O7S2. The fraction of sp³-hybridized carbons (Fsp3) is 0.882. The predicted molar refractivity (Wildman–Crippen MR) is 265 cm³/mol. The number of ether oxygens (including phenoxy) is 2. The number of carbonyl (C=O) groups excluding carboxylic acids is 3. The number of alkyl carbamates (subject to hydrolysis) is 2. The second-order valence-corrected chi connectivity index (χ2v) is 25.5. The molecule has 0 aliphatic heterocycles. The van der Waals surface area contributed by atoms with Crippen molar-refractivity contribution in [3.05, 3.63) is 11.6 Å². The van der Waals surface area contributed by atoms with Crippen molar-refractivity contribution in [3.8, 4) is 0 Å². The van der Waals surface area contributed by atoms with Crippen molar-refractivity contribution in [1.82, 2.24) is 20.4 Å². The minimum atomic E-state index is -1.00. The van der Waals surface area contributed by atoms with Crippen molar-refractivity contribution >= 4 is 45.8 Å². The van der Waals surface area contributed by atoms with Crippen molar-refractivity contribution in [1.29, 1.82) is 0 Å². The number of unbranched alkanes of at least 4 members (excludes halogenated alkanes) is 1. The molecule has 11 nitrogen and oxygen atoms in total. The van der Waals surface area contributed by atoms with Crippen LogP contribution in [0.5, 0.6) is 0 Å². The zero-order chi connectivity index (χ0) is 47.3. The van der Waals surface area contributed by atoms with Gasteiger partial charge in [0.2, 0.25) is 5.91 Å². The van der Waals surface area contributed by atoms with E-state index in [0.29, 0.717) is 80.9 Å². The van der Waals surface area contributed by atoms with Crippen molar-refractivity contribution in [2.24, 2.45) is 46.3 Å². The molecule has 13 heteroatoms. The summed E-state index contributed by atoms with van der Waals surface area (Å²) in [5.74, 6) is 5.92. The van der Waals surface area contributed by atoms with Gasteiger partial charge in [-0.2, -0.15) is 0 Å². The van der Waals surface area contributed by atoms with Gasteiger partial charge in [0.05, 0.1) is 0 Å². The lowest BCUT2D eigenvalue weighted by Gasteiger charge is -2.58. The first-order chi connectivity index (χ1) is 30.0. The summed E-state index contributed by atoms with van der Waals surface area (Å²) < 4.78 is 10.6. The van der Waals surface area contributed by atoms with Crippen LogP contribution in [0.4, 0.5) is 14.4 Å². The lowest BCUT2D eigenvalue weighted by atomic mass is 9.47. The van der Waals surface area contributed by atoms with Gasteiger partial charge in [-0.05, 0) is 165 Å². The Balaban J connectivity index is 1.23. The number of allylic oxidation sites excluding steroid dienone is 2. The van der Waals surface area contributed by atoms with Crippen LogP contribution in [0.25, 0.3) is 0 Å². The van der Waals surface area contributed by atoms with Crippen LogP contribution in [0.1, 0.15) is 179 Å². The van der Waals surface area contributed by atoms with Crippen LogP contribution in [-0.4, -0.2) is 101 Å². The van der Waals surface area contributed by atoms with Crippen LogP contribution in [0, 0.1) is 46.3 Å². The summed E-state index contributed by atoms with van der Waals surface area (Å²) in [5.41, 5.74) is 1.39. The number of carboxylic acid groups (broad SMARTS) is 1. The van der Waals surface area contributed by atoms with Gasteiger partial charge in [-0.3, -0.25) is 4.79 Å². The van der Waals surface area contributed by atoms with E-state index in [4.69, 9.17) is 9.47 Å². The predicted octanol–water partition coefficient (Wildman–Crippen LogP) is 12.6. The number of hydrogen-bond donors (Lipinski definition) is 3. The van der Waals surface area contributed by atoms with Crippen molar-refractivity contribution in [2.75, 3.05) is 45.0 Å². The van der Waals surface area contributed by atoms with Gasteiger partial charge in [-0.15, -0.1) is 0 Å². The largest absolute Gasteiger partial charge is 0.465 e. The van der Waals surface area contributed by atoms with E-state index in [9.17, 15) is 24.3 Å². The van der Waals surface area contributed by atoms with Crippen LogP contribution >= 0.6 is 21.6 Å². The zero-order valence-corrected chi connectivity index (χ0v) is 43.6. The molecule has 368 valence electrons. The van der Waals surface area contributed by atoms with Gasteiger partial charge in [-0.25, -0.2) is 14.4 Å². The maximum absolute atomic E-state index is 13.7. The van der Waals surface area contributed by atoms with Gasteiger partial charge in [0.25, 0.3) is 0 Å². The van der Waals surface area contributed by atoms with Crippen LogP contribution in [0.3, 0.4) is 0 Å². The summed E-state index contributed by atoms with van der Waals surface area (Å²) in [6.45, 7) is 25.8. The third-order valence-corrected chi connectivity index (χ3v) is 18.0. The minimum Gasteiger partial charge on any atom is -0.465 e. The zero-order valence-electron chi connectivity index (χ0n) is 42.0. The molecule has 8 atom stereocenters. The van der Waals surface area contributed by atoms with Crippen LogP contribution in [0.15, 0.2) is 11.6 Å². The first-order valence-electron chi connectivity index (χ1n) is 25.2. The van der Waals surface area contributed by atoms with Crippen molar-refractivity contribution in [2.45, 2.75) is 195 Å². The molecule has 0 saturated heterocycles. The molecule has 0 aromatic carbocycles. The van der Waals surface area contributed by atoms with Crippen molar-refractivity contribution in [3.63, 3.8) is 0 Å². The van der Waals surface area contributed by atoms with Gasteiger partial charge in [-0.1, -0.05) is 87.1 Å². The Labute approximate surface area is 396 Å². The Hall–Kier alpha value is -2.28. The molecule has 4 amide bonds. The number of nitrogens with zero attached hydrogens (tertiary/aromatic N) is 2. The Kier molecular flexibility index (Phi) is 20.9. The standard InChI is InChI=1S/C51H90N4O7S2/c1-36(2)17-14-18-37(3)41-21-22-42-40-20-19-38-35-39(23-26-50(38,10)43(40)24-27-51(41,42)11)64-63-34-25-44(56)54(32-15-28-52-45(57)61-48(4,5)6)30-12-13-31-55(47(59)60)33-16-29-53-46(58)62-49(7,8)9/h19,36-37,39-43H,12-18,20-35H2,1-11H3,(H,52,57)(H,53,58)(H,59,60)/t37?,39-,40-,41+,42-,43-,50-,51+/m0/s1. The Bertz CT molecular complexity index is 1550. The first kappa shape index (κ1) is 54.3.